The van der Waals surface area contributed by atoms with Crippen LogP contribution in [0, 0.1) is 0 Å². The topological polar surface area (TPSA) is 29.4 Å². The Morgan fingerprint density at radius 2 is 2.19 bits per heavy atom. The summed E-state index contributed by atoms with van der Waals surface area (Å²) < 4.78 is 8.31. The minimum Gasteiger partial charge on any atom is -0.374 e. The van der Waals surface area contributed by atoms with Gasteiger partial charge in [0.2, 0.25) is 0 Å². The number of ether oxygens (including phenoxy) is 1. The van der Waals surface area contributed by atoms with Gasteiger partial charge in [0.05, 0.1) is 12.7 Å². The fraction of sp³-hybridized carbons (Fsp3) is 0.765. The molecular formula is C17H31N3O. The van der Waals surface area contributed by atoms with E-state index >= 15 is 0 Å². The number of aromatic nitrogens is 1. The molecule has 0 aliphatic carbocycles. The molecule has 0 spiro atoms. The highest BCUT2D eigenvalue weighted by Crippen LogP contribution is 2.17. The van der Waals surface area contributed by atoms with Gasteiger partial charge in [-0.25, -0.2) is 0 Å². The summed E-state index contributed by atoms with van der Waals surface area (Å²) in [6, 6.07) is 5.36. The van der Waals surface area contributed by atoms with Crippen LogP contribution in [-0.4, -0.2) is 47.9 Å². The zero-order chi connectivity index (χ0) is 15.2. The molecule has 21 heavy (non-hydrogen) atoms. The van der Waals surface area contributed by atoms with Crippen LogP contribution < -0.4 is 5.32 Å². The molecule has 1 aromatic rings. The van der Waals surface area contributed by atoms with Crippen molar-refractivity contribution in [3.63, 3.8) is 0 Å². The largest absolute Gasteiger partial charge is 0.374 e. The van der Waals surface area contributed by atoms with Gasteiger partial charge < -0.3 is 14.6 Å². The molecular weight excluding hydrogens is 262 g/mol. The van der Waals surface area contributed by atoms with E-state index in [4.69, 9.17) is 4.74 Å². The second-order valence-corrected chi connectivity index (χ2v) is 6.34. The second kappa shape index (κ2) is 7.97. The van der Waals surface area contributed by atoms with Gasteiger partial charge in [-0.05, 0) is 45.9 Å². The SMILES string of the molecule is CCCNC(C)c1cccn1CC1CN(C(C)C)CCO1. The van der Waals surface area contributed by atoms with Gasteiger partial charge >= 0.3 is 0 Å². The molecule has 1 saturated heterocycles. The Hall–Kier alpha value is -0.840. The first-order valence-electron chi connectivity index (χ1n) is 8.35. The van der Waals surface area contributed by atoms with Crippen LogP contribution in [0.5, 0.6) is 0 Å². The maximum absolute atomic E-state index is 5.96. The van der Waals surface area contributed by atoms with Crippen molar-refractivity contribution >= 4 is 0 Å². The van der Waals surface area contributed by atoms with Crippen LogP contribution in [0.15, 0.2) is 18.3 Å². The molecule has 0 radical (unpaired) electrons. The second-order valence-electron chi connectivity index (χ2n) is 6.34. The van der Waals surface area contributed by atoms with Crippen LogP contribution in [0.3, 0.4) is 0 Å². The normalized spacial score (nSPS) is 21.9. The predicted octanol–water partition coefficient (Wildman–Crippen LogP) is 2.66. The van der Waals surface area contributed by atoms with E-state index in [9.17, 15) is 0 Å². The monoisotopic (exact) mass is 293 g/mol. The highest BCUT2D eigenvalue weighted by Gasteiger charge is 2.23. The summed E-state index contributed by atoms with van der Waals surface area (Å²) in [5, 5.41) is 3.57. The Balaban J connectivity index is 1.95. The summed E-state index contributed by atoms with van der Waals surface area (Å²) in [6.07, 6.45) is 3.64. The highest BCUT2D eigenvalue weighted by molar-refractivity contribution is 5.11. The lowest BCUT2D eigenvalue weighted by atomic mass is 10.2. The number of morpholine rings is 1. The Bertz CT molecular complexity index is 416. The third-order valence-electron chi connectivity index (χ3n) is 4.31. The molecule has 0 aromatic carbocycles. The van der Waals surface area contributed by atoms with E-state index in [1.54, 1.807) is 0 Å². The third-order valence-corrected chi connectivity index (χ3v) is 4.31. The summed E-state index contributed by atoms with van der Waals surface area (Å²) in [7, 11) is 0. The van der Waals surface area contributed by atoms with E-state index in [-0.39, 0.29) is 0 Å². The molecule has 1 aliphatic heterocycles. The molecule has 0 saturated carbocycles. The van der Waals surface area contributed by atoms with E-state index in [1.165, 1.54) is 12.1 Å². The molecule has 4 nitrogen and oxygen atoms in total. The number of hydrogen-bond donors (Lipinski definition) is 1. The summed E-state index contributed by atoms with van der Waals surface area (Å²) in [6.45, 7) is 13.9. The van der Waals surface area contributed by atoms with Gasteiger partial charge in [0.15, 0.2) is 0 Å². The van der Waals surface area contributed by atoms with Crippen molar-refractivity contribution in [1.29, 1.82) is 0 Å². The lowest BCUT2D eigenvalue weighted by Gasteiger charge is -2.36. The van der Waals surface area contributed by atoms with Gasteiger partial charge in [-0.1, -0.05) is 6.92 Å². The van der Waals surface area contributed by atoms with Crippen molar-refractivity contribution < 1.29 is 4.74 Å². The maximum atomic E-state index is 5.96. The maximum Gasteiger partial charge on any atom is 0.0881 e. The van der Waals surface area contributed by atoms with Crippen LogP contribution in [0.4, 0.5) is 0 Å². The molecule has 120 valence electrons. The Kier molecular flexibility index (Phi) is 6.27. The Morgan fingerprint density at radius 1 is 1.38 bits per heavy atom. The minimum atomic E-state index is 0.297. The molecule has 4 heteroatoms. The van der Waals surface area contributed by atoms with Crippen LogP contribution >= 0.6 is 0 Å². The fourth-order valence-corrected chi connectivity index (χ4v) is 2.99. The van der Waals surface area contributed by atoms with Crippen LogP contribution in [0.25, 0.3) is 0 Å². The van der Waals surface area contributed by atoms with Crippen molar-refractivity contribution in [2.45, 2.75) is 58.8 Å². The van der Waals surface area contributed by atoms with Crippen molar-refractivity contribution in [3.8, 4) is 0 Å². The van der Waals surface area contributed by atoms with Crippen LogP contribution in [0.2, 0.25) is 0 Å². The molecule has 1 N–H and O–H groups in total. The predicted molar refractivity (Wildman–Crippen MR) is 87.6 cm³/mol. The third kappa shape index (κ3) is 4.56. The summed E-state index contributed by atoms with van der Waals surface area (Å²) in [5.74, 6) is 0. The van der Waals surface area contributed by atoms with E-state index in [0.717, 1.165) is 32.8 Å². The van der Waals surface area contributed by atoms with E-state index in [1.807, 2.05) is 0 Å². The lowest BCUT2D eigenvalue weighted by molar-refractivity contribution is -0.0459. The molecule has 1 aromatic heterocycles. The highest BCUT2D eigenvalue weighted by atomic mass is 16.5. The number of nitrogens with one attached hydrogen (secondary N) is 1. The molecule has 0 amide bonds. The molecule has 2 atom stereocenters. The molecule has 2 unspecified atom stereocenters. The molecule has 1 aliphatic rings. The summed E-state index contributed by atoms with van der Waals surface area (Å²) >= 11 is 0. The van der Waals surface area contributed by atoms with Crippen LogP contribution in [0.1, 0.15) is 45.9 Å². The van der Waals surface area contributed by atoms with Crippen molar-refractivity contribution in [3.05, 3.63) is 24.0 Å². The molecule has 2 heterocycles. The standard InChI is InChI=1S/C17H31N3O/c1-5-8-18-15(4)17-7-6-9-20(17)13-16-12-19(14(2)3)10-11-21-16/h6-7,9,14-16,18H,5,8,10-13H2,1-4H3. The minimum absolute atomic E-state index is 0.297. The van der Waals surface area contributed by atoms with Crippen molar-refractivity contribution in [2.24, 2.45) is 0 Å². The Morgan fingerprint density at radius 3 is 2.90 bits per heavy atom. The zero-order valence-corrected chi connectivity index (χ0v) is 14.0. The van der Waals surface area contributed by atoms with Gasteiger partial charge in [-0.2, -0.15) is 0 Å². The summed E-state index contributed by atoms with van der Waals surface area (Å²) in [4.78, 5) is 2.51. The fourth-order valence-electron chi connectivity index (χ4n) is 2.99. The quantitative estimate of drug-likeness (QED) is 0.838. The van der Waals surface area contributed by atoms with E-state index < -0.39 is 0 Å². The average molecular weight is 293 g/mol. The van der Waals surface area contributed by atoms with E-state index in [2.05, 4.69) is 60.8 Å². The first-order valence-corrected chi connectivity index (χ1v) is 8.35. The van der Waals surface area contributed by atoms with Crippen molar-refractivity contribution in [1.82, 2.24) is 14.8 Å². The lowest BCUT2D eigenvalue weighted by Crippen LogP contribution is -2.47. The number of nitrogens with zero attached hydrogens (tertiary/aromatic N) is 2. The first kappa shape index (κ1) is 16.5. The molecule has 0 bridgehead atoms. The van der Waals surface area contributed by atoms with Gasteiger partial charge in [0.25, 0.3) is 0 Å². The van der Waals surface area contributed by atoms with Gasteiger partial charge in [-0.3, -0.25) is 4.90 Å². The zero-order valence-electron chi connectivity index (χ0n) is 14.0. The van der Waals surface area contributed by atoms with Gasteiger partial charge in [-0.15, -0.1) is 0 Å². The van der Waals surface area contributed by atoms with E-state index in [0.29, 0.717) is 18.2 Å². The number of hydrogen-bond acceptors (Lipinski definition) is 3. The molecule has 2 rings (SSSR count). The van der Waals surface area contributed by atoms with Gasteiger partial charge in [0.1, 0.15) is 0 Å². The van der Waals surface area contributed by atoms with Crippen molar-refractivity contribution in [2.75, 3.05) is 26.2 Å². The molecule has 1 fully saturated rings. The smallest absolute Gasteiger partial charge is 0.0881 e. The average Bonchev–Trinajstić information content (AvgIpc) is 2.93. The van der Waals surface area contributed by atoms with Crippen LogP contribution in [-0.2, 0) is 11.3 Å². The van der Waals surface area contributed by atoms with Gasteiger partial charge in [0, 0.05) is 43.6 Å². The summed E-state index contributed by atoms with van der Waals surface area (Å²) in [5.41, 5.74) is 1.36. The first-order chi connectivity index (χ1) is 10.1. The Labute approximate surface area is 129 Å². The number of rotatable bonds is 7.